The molecule has 1 aromatic carbocycles. The van der Waals surface area contributed by atoms with E-state index in [1.54, 1.807) is 0 Å². The highest BCUT2D eigenvalue weighted by atomic mass is 16.5. The summed E-state index contributed by atoms with van der Waals surface area (Å²) < 4.78 is 5.63. The van der Waals surface area contributed by atoms with Gasteiger partial charge < -0.3 is 20.4 Å². The van der Waals surface area contributed by atoms with Gasteiger partial charge in [-0.3, -0.25) is 0 Å². The standard InChI is InChI=1S/C17H24N4O/c1-2-18-17(20-12-15-7-5-9-22-15)19-11-14-10-13-6-3-4-8-16(13)21-14/h3-4,6,8,10,15,21H,2,5,7,9,11-12H2,1H3,(H2,18,19,20). The number of fused-ring (bicyclic) bond motifs is 1. The molecule has 1 unspecified atom stereocenters. The van der Waals surface area contributed by atoms with E-state index in [1.807, 2.05) is 6.07 Å². The topological polar surface area (TPSA) is 61.4 Å². The Morgan fingerprint density at radius 1 is 1.36 bits per heavy atom. The van der Waals surface area contributed by atoms with Crippen molar-refractivity contribution in [2.24, 2.45) is 4.99 Å². The second kappa shape index (κ2) is 7.31. The van der Waals surface area contributed by atoms with Crippen molar-refractivity contribution < 1.29 is 4.74 Å². The molecule has 2 heterocycles. The number of nitrogens with one attached hydrogen (secondary N) is 3. The van der Waals surface area contributed by atoms with Crippen LogP contribution in [0.25, 0.3) is 10.9 Å². The molecule has 1 aliphatic rings. The number of hydrogen-bond acceptors (Lipinski definition) is 2. The highest BCUT2D eigenvalue weighted by Gasteiger charge is 2.15. The van der Waals surface area contributed by atoms with E-state index >= 15 is 0 Å². The largest absolute Gasteiger partial charge is 0.376 e. The molecule has 1 fully saturated rings. The number of aromatic amines is 1. The van der Waals surface area contributed by atoms with E-state index in [0.717, 1.165) is 49.7 Å². The predicted molar refractivity (Wildman–Crippen MR) is 90.1 cm³/mol. The average Bonchev–Trinajstić information content (AvgIpc) is 3.18. The van der Waals surface area contributed by atoms with E-state index in [9.17, 15) is 0 Å². The van der Waals surface area contributed by atoms with Crippen LogP contribution in [0.2, 0.25) is 0 Å². The Labute approximate surface area is 131 Å². The van der Waals surface area contributed by atoms with Gasteiger partial charge in [0.05, 0.1) is 12.6 Å². The summed E-state index contributed by atoms with van der Waals surface area (Å²) in [6, 6.07) is 10.4. The van der Waals surface area contributed by atoms with Gasteiger partial charge in [0.25, 0.3) is 0 Å². The first-order chi connectivity index (χ1) is 10.8. The molecule has 2 aromatic rings. The van der Waals surface area contributed by atoms with Crippen molar-refractivity contribution in [1.82, 2.24) is 15.6 Å². The molecule has 0 aliphatic carbocycles. The molecule has 118 valence electrons. The third kappa shape index (κ3) is 3.80. The minimum atomic E-state index is 0.317. The predicted octanol–water partition coefficient (Wildman–Crippen LogP) is 2.40. The number of para-hydroxylation sites is 1. The summed E-state index contributed by atoms with van der Waals surface area (Å²) >= 11 is 0. The number of aliphatic imine (C=N–C) groups is 1. The quantitative estimate of drug-likeness (QED) is 0.587. The molecule has 3 N–H and O–H groups in total. The lowest BCUT2D eigenvalue weighted by Gasteiger charge is -2.14. The van der Waals surface area contributed by atoms with Crippen molar-refractivity contribution in [3.8, 4) is 0 Å². The molecule has 0 spiro atoms. The molecule has 5 nitrogen and oxygen atoms in total. The van der Waals surface area contributed by atoms with Crippen LogP contribution in [0.1, 0.15) is 25.5 Å². The van der Waals surface area contributed by atoms with E-state index in [2.05, 4.69) is 51.8 Å². The fourth-order valence-corrected chi connectivity index (χ4v) is 2.74. The van der Waals surface area contributed by atoms with E-state index < -0.39 is 0 Å². The first-order valence-electron chi connectivity index (χ1n) is 8.05. The van der Waals surface area contributed by atoms with Gasteiger partial charge in [-0.25, -0.2) is 4.99 Å². The second-order valence-electron chi connectivity index (χ2n) is 5.59. The van der Waals surface area contributed by atoms with Gasteiger partial charge in [0, 0.05) is 30.9 Å². The van der Waals surface area contributed by atoms with E-state index in [4.69, 9.17) is 4.74 Å². The summed E-state index contributed by atoms with van der Waals surface area (Å²) in [6.07, 6.45) is 2.61. The van der Waals surface area contributed by atoms with Crippen LogP contribution in [0, 0.1) is 0 Å². The second-order valence-corrected chi connectivity index (χ2v) is 5.59. The van der Waals surface area contributed by atoms with Gasteiger partial charge in [0.2, 0.25) is 0 Å². The Bertz CT molecular complexity index is 595. The van der Waals surface area contributed by atoms with Gasteiger partial charge in [0.15, 0.2) is 5.96 Å². The zero-order valence-corrected chi connectivity index (χ0v) is 13.1. The molecule has 0 radical (unpaired) electrons. The zero-order chi connectivity index (χ0) is 15.2. The molecule has 3 rings (SSSR count). The maximum atomic E-state index is 5.63. The number of nitrogens with zero attached hydrogens (tertiary/aromatic N) is 1. The Balaban J connectivity index is 1.61. The van der Waals surface area contributed by atoms with Crippen LogP contribution >= 0.6 is 0 Å². The van der Waals surface area contributed by atoms with Crippen molar-refractivity contribution in [3.63, 3.8) is 0 Å². The molecule has 1 aromatic heterocycles. The van der Waals surface area contributed by atoms with Crippen LogP contribution < -0.4 is 10.6 Å². The van der Waals surface area contributed by atoms with Crippen LogP contribution in [0.5, 0.6) is 0 Å². The van der Waals surface area contributed by atoms with Crippen molar-refractivity contribution in [2.75, 3.05) is 19.7 Å². The normalized spacial score (nSPS) is 18.8. The molecular weight excluding hydrogens is 276 g/mol. The van der Waals surface area contributed by atoms with E-state index in [0.29, 0.717) is 12.6 Å². The molecule has 1 saturated heterocycles. The summed E-state index contributed by atoms with van der Waals surface area (Å²) in [7, 11) is 0. The summed E-state index contributed by atoms with van der Waals surface area (Å²) in [4.78, 5) is 8.05. The molecule has 1 aliphatic heterocycles. The Hall–Kier alpha value is -2.01. The zero-order valence-electron chi connectivity index (χ0n) is 13.1. The Kier molecular flexibility index (Phi) is 4.96. The SMILES string of the molecule is CCNC(=NCc1cc2ccccc2[nH]1)NCC1CCCO1. The van der Waals surface area contributed by atoms with Crippen LogP contribution in [-0.2, 0) is 11.3 Å². The van der Waals surface area contributed by atoms with Crippen LogP contribution in [0.15, 0.2) is 35.3 Å². The van der Waals surface area contributed by atoms with Gasteiger partial charge in [-0.15, -0.1) is 0 Å². The van der Waals surface area contributed by atoms with Gasteiger partial charge >= 0.3 is 0 Å². The number of rotatable bonds is 5. The summed E-state index contributed by atoms with van der Waals surface area (Å²) in [5.41, 5.74) is 2.28. The lowest BCUT2D eigenvalue weighted by atomic mass is 10.2. The number of ether oxygens (including phenoxy) is 1. The first-order valence-corrected chi connectivity index (χ1v) is 8.05. The highest BCUT2D eigenvalue weighted by Crippen LogP contribution is 2.15. The van der Waals surface area contributed by atoms with Gasteiger partial charge in [0.1, 0.15) is 0 Å². The number of H-pyrrole nitrogens is 1. The molecular formula is C17H24N4O. The monoisotopic (exact) mass is 300 g/mol. The fraction of sp³-hybridized carbons (Fsp3) is 0.471. The van der Waals surface area contributed by atoms with E-state index in [1.165, 1.54) is 5.39 Å². The first kappa shape index (κ1) is 14.9. The van der Waals surface area contributed by atoms with Crippen molar-refractivity contribution in [2.45, 2.75) is 32.4 Å². The van der Waals surface area contributed by atoms with Gasteiger partial charge in [-0.2, -0.15) is 0 Å². The minimum Gasteiger partial charge on any atom is -0.376 e. The lowest BCUT2D eigenvalue weighted by Crippen LogP contribution is -2.41. The highest BCUT2D eigenvalue weighted by molar-refractivity contribution is 5.81. The maximum absolute atomic E-state index is 5.63. The minimum absolute atomic E-state index is 0.317. The van der Waals surface area contributed by atoms with Crippen molar-refractivity contribution >= 4 is 16.9 Å². The third-order valence-corrected chi connectivity index (χ3v) is 3.86. The van der Waals surface area contributed by atoms with Crippen molar-refractivity contribution in [1.29, 1.82) is 0 Å². The number of benzene rings is 1. The van der Waals surface area contributed by atoms with Crippen LogP contribution in [0.4, 0.5) is 0 Å². The maximum Gasteiger partial charge on any atom is 0.191 e. The summed E-state index contributed by atoms with van der Waals surface area (Å²) in [5, 5.41) is 7.87. The summed E-state index contributed by atoms with van der Waals surface area (Å²) in [6.45, 7) is 5.26. The smallest absolute Gasteiger partial charge is 0.191 e. The molecule has 0 amide bonds. The molecule has 5 heteroatoms. The average molecular weight is 300 g/mol. The van der Waals surface area contributed by atoms with E-state index in [-0.39, 0.29) is 0 Å². The summed E-state index contributed by atoms with van der Waals surface area (Å²) in [5.74, 6) is 0.844. The van der Waals surface area contributed by atoms with Crippen LogP contribution in [0.3, 0.4) is 0 Å². The number of hydrogen-bond donors (Lipinski definition) is 3. The Morgan fingerprint density at radius 2 is 2.27 bits per heavy atom. The molecule has 0 bridgehead atoms. The lowest BCUT2D eigenvalue weighted by molar-refractivity contribution is 0.114. The van der Waals surface area contributed by atoms with Crippen molar-refractivity contribution in [3.05, 3.63) is 36.0 Å². The third-order valence-electron chi connectivity index (χ3n) is 3.86. The number of aromatic nitrogens is 1. The molecule has 1 atom stereocenters. The van der Waals surface area contributed by atoms with Crippen LogP contribution in [-0.4, -0.2) is 36.7 Å². The van der Waals surface area contributed by atoms with Gasteiger partial charge in [-0.1, -0.05) is 18.2 Å². The Morgan fingerprint density at radius 3 is 3.05 bits per heavy atom. The molecule has 0 saturated carbocycles. The van der Waals surface area contributed by atoms with Gasteiger partial charge in [-0.05, 0) is 37.3 Å². The number of guanidine groups is 1. The molecule has 22 heavy (non-hydrogen) atoms. The fourth-order valence-electron chi connectivity index (χ4n) is 2.74.